The zero-order chi connectivity index (χ0) is 14.5. The number of aliphatic carboxylic acids is 1. The molecule has 1 unspecified atom stereocenters. The molecule has 0 saturated carbocycles. The number of nitrogens with one attached hydrogen (secondary N) is 1. The lowest BCUT2D eigenvalue weighted by Gasteiger charge is -2.21. The Kier molecular flexibility index (Phi) is 4.53. The van der Waals surface area contributed by atoms with Gasteiger partial charge in [-0.15, -0.1) is 0 Å². The smallest absolute Gasteiger partial charge is 0.325 e. The number of carboxylic acid groups (broad SMARTS) is 1. The molecule has 2 aromatic carbocycles. The van der Waals surface area contributed by atoms with Gasteiger partial charge in [0.15, 0.2) is 0 Å². The van der Waals surface area contributed by atoms with Gasteiger partial charge < -0.3 is 5.11 Å². The molecule has 0 aliphatic heterocycles. The Morgan fingerprint density at radius 1 is 1.00 bits per heavy atom. The van der Waals surface area contributed by atoms with Crippen LogP contribution < -0.4 is 5.32 Å². The quantitative estimate of drug-likeness (QED) is 0.873. The molecular weight excluding hydrogens is 250 g/mol. The van der Waals surface area contributed by atoms with Gasteiger partial charge in [-0.3, -0.25) is 10.1 Å². The largest absolute Gasteiger partial charge is 0.480 e. The SMILES string of the molecule is Cc1ccc([C@H](C)NC(C(=O)O)c2ccccc2)cc1. The van der Waals surface area contributed by atoms with Crippen molar-refractivity contribution < 1.29 is 9.90 Å². The van der Waals surface area contributed by atoms with E-state index in [-0.39, 0.29) is 6.04 Å². The first-order valence-corrected chi connectivity index (χ1v) is 6.68. The van der Waals surface area contributed by atoms with Gasteiger partial charge in [0.25, 0.3) is 0 Å². The van der Waals surface area contributed by atoms with Gasteiger partial charge in [0.05, 0.1) is 0 Å². The fraction of sp³-hybridized carbons (Fsp3) is 0.235. The molecule has 3 heteroatoms. The minimum atomic E-state index is -0.866. The van der Waals surface area contributed by atoms with Crippen LogP contribution in [0.4, 0.5) is 0 Å². The van der Waals surface area contributed by atoms with Crippen molar-refractivity contribution in [3.63, 3.8) is 0 Å². The fourth-order valence-corrected chi connectivity index (χ4v) is 2.16. The van der Waals surface area contributed by atoms with Crippen LogP contribution in [-0.4, -0.2) is 11.1 Å². The zero-order valence-electron chi connectivity index (χ0n) is 11.7. The van der Waals surface area contributed by atoms with Gasteiger partial charge in [-0.1, -0.05) is 60.2 Å². The van der Waals surface area contributed by atoms with E-state index in [0.717, 1.165) is 11.1 Å². The first-order chi connectivity index (χ1) is 9.58. The van der Waals surface area contributed by atoms with E-state index in [9.17, 15) is 9.90 Å². The lowest BCUT2D eigenvalue weighted by atomic mass is 10.0. The normalized spacial score (nSPS) is 13.7. The number of rotatable bonds is 5. The van der Waals surface area contributed by atoms with Crippen LogP contribution in [0.1, 0.15) is 35.7 Å². The van der Waals surface area contributed by atoms with Crippen LogP contribution in [0, 0.1) is 6.92 Å². The Hall–Kier alpha value is -2.13. The Morgan fingerprint density at radius 2 is 1.60 bits per heavy atom. The van der Waals surface area contributed by atoms with E-state index in [2.05, 4.69) is 5.32 Å². The number of carboxylic acids is 1. The van der Waals surface area contributed by atoms with Gasteiger partial charge in [-0.25, -0.2) is 0 Å². The minimum Gasteiger partial charge on any atom is -0.480 e. The molecule has 2 N–H and O–H groups in total. The molecule has 0 spiro atoms. The highest BCUT2D eigenvalue weighted by Gasteiger charge is 2.21. The number of aryl methyl sites for hydroxylation is 1. The molecule has 0 saturated heterocycles. The van der Waals surface area contributed by atoms with Gasteiger partial charge in [-0.2, -0.15) is 0 Å². The van der Waals surface area contributed by atoms with E-state index in [4.69, 9.17) is 0 Å². The summed E-state index contributed by atoms with van der Waals surface area (Å²) in [5.41, 5.74) is 3.04. The summed E-state index contributed by atoms with van der Waals surface area (Å²) in [6, 6.07) is 16.6. The maximum atomic E-state index is 11.5. The van der Waals surface area contributed by atoms with Crippen molar-refractivity contribution in [2.75, 3.05) is 0 Å². The summed E-state index contributed by atoms with van der Waals surface area (Å²) < 4.78 is 0. The maximum absolute atomic E-state index is 11.5. The molecule has 0 aliphatic rings. The molecule has 0 bridgehead atoms. The van der Waals surface area contributed by atoms with Crippen LogP contribution in [0.2, 0.25) is 0 Å². The van der Waals surface area contributed by atoms with Crippen molar-refractivity contribution in [2.24, 2.45) is 0 Å². The summed E-state index contributed by atoms with van der Waals surface area (Å²) in [6.45, 7) is 4.01. The van der Waals surface area contributed by atoms with E-state index in [1.807, 2.05) is 68.4 Å². The van der Waals surface area contributed by atoms with E-state index >= 15 is 0 Å². The lowest BCUT2D eigenvalue weighted by molar-refractivity contribution is -0.139. The molecule has 2 rings (SSSR count). The highest BCUT2D eigenvalue weighted by molar-refractivity contribution is 5.75. The van der Waals surface area contributed by atoms with Gasteiger partial charge in [-0.05, 0) is 25.0 Å². The predicted octanol–water partition coefficient (Wildman–Crippen LogP) is 3.47. The van der Waals surface area contributed by atoms with Gasteiger partial charge >= 0.3 is 5.97 Å². The van der Waals surface area contributed by atoms with Crippen molar-refractivity contribution in [2.45, 2.75) is 25.9 Å². The van der Waals surface area contributed by atoms with E-state index in [1.165, 1.54) is 5.56 Å². The number of benzene rings is 2. The standard InChI is InChI=1S/C17H19NO2/c1-12-8-10-14(11-9-12)13(2)18-16(17(19)20)15-6-4-3-5-7-15/h3-11,13,16,18H,1-2H3,(H,19,20)/t13-,16?/m0/s1. The van der Waals surface area contributed by atoms with E-state index < -0.39 is 12.0 Å². The summed E-state index contributed by atoms with van der Waals surface area (Å²) in [5, 5.41) is 12.6. The Morgan fingerprint density at radius 3 is 2.15 bits per heavy atom. The summed E-state index contributed by atoms with van der Waals surface area (Å²) >= 11 is 0. The summed E-state index contributed by atoms with van der Waals surface area (Å²) in [6.07, 6.45) is 0. The molecule has 0 radical (unpaired) electrons. The van der Waals surface area contributed by atoms with Gasteiger partial charge in [0, 0.05) is 6.04 Å². The molecule has 2 atom stereocenters. The Bertz CT molecular complexity index is 563. The second-order valence-electron chi connectivity index (χ2n) is 4.98. The van der Waals surface area contributed by atoms with Crippen LogP contribution in [0.5, 0.6) is 0 Å². The number of hydrogen-bond donors (Lipinski definition) is 2. The predicted molar refractivity (Wildman–Crippen MR) is 79.5 cm³/mol. The van der Waals surface area contributed by atoms with Crippen molar-refractivity contribution in [1.29, 1.82) is 0 Å². The molecule has 0 amide bonds. The van der Waals surface area contributed by atoms with E-state index in [1.54, 1.807) is 0 Å². The van der Waals surface area contributed by atoms with Crippen LogP contribution in [0.15, 0.2) is 54.6 Å². The molecular formula is C17H19NO2. The third-order valence-electron chi connectivity index (χ3n) is 3.37. The van der Waals surface area contributed by atoms with Crippen molar-refractivity contribution in [1.82, 2.24) is 5.32 Å². The zero-order valence-corrected chi connectivity index (χ0v) is 11.7. The monoisotopic (exact) mass is 269 g/mol. The van der Waals surface area contributed by atoms with Crippen LogP contribution in [0.25, 0.3) is 0 Å². The first-order valence-electron chi connectivity index (χ1n) is 6.68. The molecule has 20 heavy (non-hydrogen) atoms. The van der Waals surface area contributed by atoms with Gasteiger partial charge in [0.2, 0.25) is 0 Å². The fourth-order valence-electron chi connectivity index (χ4n) is 2.16. The molecule has 0 heterocycles. The highest BCUT2D eigenvalue weighted by atomic mass is 16.4. The number of hydrogen-bond acceptors (Lipinski definition) is 2. The molecule has 3 nitrogen and oxygen atoms in total. The molecule has 2 aromatic rings. The summed E-state index contributed by atoms with van der Waals surface area (Å²) in [4.78, 5) is 11.5. The molecule has 104 valence electrons. The maximum Gasteiger partial charge on any atom is 0.325 e. The average Bonchev–Trinajstić information content (AvgIpc) is 2.46. The first kappa shape index (κ1) is 14.3. The third-order valence-corrected chi connectivity index (χ3v) is 3.37. The molecule has 0 aromatic heterocycles. The number of carbonyl (C=O) groups is 1. The summed E-state index contributed by atoms with van der Waals surface area (Å²) in [7, 11) is 0. The van der Waals surface area contributed by atoms with Crippen LogP contribution in [0.3, 0.4) is 0 Å². The molecule has 0 fully saturated rings. The minimum absolute atomic E-state index is 0.0306. The van der Waals surface area contributed by atoms with Gasteiger partial charge in [0.1, 0.15) is 6.04 Å². The van der Waals surface area contributed by atoms with E-state index in [0.29, 0.717) is 0 Å². The Labute approximate surface area is 119 Å². The topological polar surface area (TPSA) is 49.3 Å². The average molecular weight is 269 g/mol. The highest BCUT2D eigenvalue weighted by Crippen LogP contribution is 2.20. The van der Waals surface area contributed by atoms with Crippen LogP contribution in [-0.2, 0) is 4.79 Å². The molecule has 0 aliphatic carbocycles. The van der Waals surface area contributed by atoms with Crippen molar-refractivity contribution in [3.05, 3.63) is 71.3 Å². The van der Waals surface area contributed by atoms with Crippen LogP contribution >= 0.6 is 0 Å². The third kappa shape index (κ3) is 3.45. The summed E-state index contributed by atoms with van der Waals surface area (Å²) in [5.74, 6) is -0.866. The lowest BCUT2D eigenvalue weighted by Crippen LogP contribution is -2.30. The second kappa shape index (κ2) is 6.35. The Balaban J connectivity index is 2.16. The van der Waals surface area contributed by atoms with Crippen molar-refractivity contribution >= 4 is 5.97 Å². The second-order valence-corrected chi connectivity index (χ2v) is 4.98. The van der Waals surface area contributed by atoms with Crippen molar-refractivity contribution in [3.8, 4) is 0 Å².